The molecule has 8 heteroatoms. The number of hydrogen-bond acceptors (Lipinski definition) is 7. The lowest BCUT2D eigenvalue weighted by molar-refractivity contribution is 0.172. The summed E-state index contributed by atoms with van der Waals surface area (Å²) in [7, 11) is 5.67. The van der Waals surface area contributed by atoms with E-state index in [1.54, 1.807) is 13.1 Å². The SMILES string of the molecule is C/C=C\C(CC(F)/C=C(\C)CNC)C(=N)OC(NC)C1=C(C)N(C)CC(c2ccc(SC(C)CC(C)(C)C)cc2)=N1. The maximum absolute atomic E-state index is 14.9. The summed E-state index contributed by atoms with van der Waals surface area (Å²) in [5, 5.41) is 15.5. The van der Waals surface area contributed by atoms with Crippen molar-refractivity contribution in [1.29, 1.82) is 5.41 Å². The van der Waals surface area contributed by atoms with Crippen molar-refractivity contribution in [2.45, 2.75) is 83.9 Å². The lowest BCUT2D eigenvalue weighted by atomic mass is 9.91. The van der Waals surface area contributed by atoms with E-state index >= 15 is 0 Å². The van der Waals surface area contributed by atoms with Gasteiger partial charge in [0.2, 0.25) is 0 Å². The molecule has 1 heterocycles. The van der Waals surface area contributed by atoms with Gasteiger partial charge in [0, 0.05) is 29.4 Å². The summed E-state index contributed by atoms with van der Waals surface area (Å²) < 4.78 is 21.0. The van der Waals surface area contributed by atoms with Gasteiger partial charge in [-0.3, -0.25) is 10.7 Å². The molecule has 0 saturated heterocycles. The molecule has 0 spiro atoms. The fourth-order valence-corrected chi connectivity index (χ4v) is 6.34. The zero-order valence-corrected chi connectivity index (χ0v) is 27.6. The van der Waals surface area contributed by atoms with Crippen LogP contribution in [0.2, 0.25) is 0 Å². The highest BCUT2D eigenvalue weighted by Crippen LogP contribution is 2.32. The van der Waals surface area contributed by atoms with Gasteiger partial charge in [-0.15, -0.1) is 11.8 Å². The molecule has 0 aromatic heterocycles. The molecular formula is C33H52FN5OS. The van der Waals surface area contributed by atoms with Crippen molar-refractivity contribution >= 4 is 23.4 Å². The van der Waals surface area contributed by atoms with Gasteiger partial charge in [-0.05, 0) is 70.8 Å². The molecule has 4 atom stereocenters. The third kappa shape index (κ3) is 11.4. The minimum atomic E-state index is -1.18. The van der Waals surface area contributed by atoms with Crippen LogP contribution in [-0.4, -0.2) is 68.4 Å². The number of hydrogen-bond donors (Lipinski definition) is 3. The summed E-state index contributed by atoms with van der Waals surface area (Å²) in [4.78, 5) is 8.43. The molecule has 2 rings (SSSR count). The minimum absolute atomic E-state index is 0.0146. The van der Waals surface area contributed by atoms with Crippen LogP contribution in [0.5, 0.6) is 0 Å². The first-order valence-electron chi connectivity index (χ1n) is 14.6. The second kappa shape index (κ2) is 16.3. The molecule has 3 N–H and O–H groups in total. The Morgan fingerprint density at radius 1 is 1.24 bits per heavy atom. The molecule has 4 unspecified atom stereocenters. The number of likely N-dealkylation sites (N-methyl/N-ethyl adjacent to an activating group) is 3. The third-order valence-corrected chi connectivity index (χ3v) is 8.04. The van der Waals surface area contributed by atoms with Crippen molar-refractivity contribution in [2.75, 3.05) is 34.2 Å². The van der Waals surface area contributed by atoms with Crippen LogP contribution in [-0.2, 0) is 4.74 Å². The van der Waals surface area contributed by atoms with Crippen LogP contribution < -0.4 is 10.6 Å². The molecule has 1 aromatic rings. The predicted molar refractivity (Wildman–Crippen MR) is 175 cm³/mol. The summed E-state index contributed by atoms with van der Waals surface area (Å²) >= 11 is 1.91. The van der Waals surface area contributed by atoms with Crippen LogP contribution in [0.1, 0.15) is 66.9 Å². The molecule has 0 bridgehead atoms. The molecule has 0 amide bonds. The molecule has 0 radical (unpaired) electrons. The van der Waals surface area contributed by atoms with Crippen molar-refractivity contribution in [3.63, 3.8) is 0 Å². The Kier molecular flexibility index (Phi) is 13.8. The van der Waals surface area contributed by atoms with E-state index in [2.05, 4.69) is 67.5 Å². The second-order valence-corrected chi connectivity index (χ2v) is 13.7. The number of thioether (sulfide) groups is 1. The topological polar surface area (TPSA) is 72.7 Å². The largest absolute Gasteiger partial charge is 0.456 e. The van der Waals surface area contributed by atoms with E-state index < -0.39 is 18.3 Å². The highest BCUT2D eigenvalue weighted by molar-refractivity contribution is 7.99. The van der Waals surface area contributed by atoms with Gasteiger partial charge in [0.15, 0.2) is 12.1 Å². The van der Waals surface area contributed by atoms with Crippen LogP contribution in [0.3, 0.4) is 0 Å². The summed E-state index contributed by atoms with van der Waals surface area (Å²) in [6.07, 6.45) is 4.77. The lowest BCUT2D eigenvalue weighted by Crippen LogP contribution is -2.39. The van der Waals surface area contributed by atoms with Crippen LogP contribution >= 0.6 is 11.8 Å². The molecule has 6 nitrogen and oxygen atoms in total. The van der Waals surface area contributed by atoms with Gasteiger partial charge < -0.3 is 15.0 Å². The Morgan fingerprint density at radius 3 is 2.46 bits per heavy atom. The molecule has 1 aromatic carbocycles. The van der Waals surface area contributed by atoms with Gasteiger partial charge in [0.25, 0.3) is 0 Å². The van der Waals surface area contributed by atoms with Crippen molar-refractivity contribution in [1.82, 2.24) is 15.5 Å². The van der Waals surface area contributed by atoms with E-state index in [1.165, 1.54) is 4.90 Å². The maximum atomic E-state index is 14.9. The minimum Gasteiger partial charge on any atom is -0.456 e. The average molecular weight is 586 g/mol. The van der Waals surface area contributed by atoms with Gasteiger partial charge in [-0.1, -0.05) is 63.6 Å². The first-order valence-corrected chi connectivity index (χ1v) is 15.4. The Hall–Kier alpha value is -2.42. The number of aliphatic imine (C=N–C) groups is 1. The fourth-order valence-electron chi connectivity index (χ4n) is 5.00. The van der Waals surface area contributed by atoms with Crippen LogP contribution in [0.15, 0.2) is 69.3 Å². The quantitative estimate of drug-likeness (QED) is 0.0708. The molecular weight excluding hydrogens is 533 g/mol. The standard InChI is InChI=1S/C33H52FN5OS/c1-11-12-26(18-27(34)17-22(2)20-36-8)31(35)40-32(37-9)30-24(4)39(10)21-29(38-30)25-13-15-28(16-14-25)41-23(3)19-33(5,6)7/h11-17,23,26-27,32,35-37H,18-21H2,1-10H3/b12-11-,22-17+,35-31?. The molecule has 0 aliphatic carbocycles. The maximum Gasteiger partial charge on any atom is 0.196 e. The zero-order chi connectivity index (χ0) is 30.7. The van der Waals surface area contributed by atoms with Crippen LogP contribution in [0.4, 0.5) is 4.39 Å². The fraction of sp³-hybridized carbons (Fsp3) is 0.576. The summed E-state index contributed by atoms with van der Waals surface area (Å²) in [5.74, 6) is -0.471. The lowest BCUT2D eigenvalue weighted by Gasteiger charge is -2.31. The Labute approximate surface area is 252 Å². The first kappa shape index (κ1) is 34.8. The molecule has 0 saturated carbocycles. The summed E-state index contributed by atoms with van der Waals surface area (Å²) in [5.41, 5.74) is 4.94. The van der Waals surface area contributed by atoms with Gasteiger partial charge in [0.1, 0.15) is 11.9 Å². The molecule has 41 heavy (non-hydrogen) atoms. The van der Waals surface area contributed by atoms with E-state index in [-0.39, 0.29) is 12.3 Å². The number of allylic oxidation sites excluding steroid dienone is 3. The number of nitrogens with one attached hydrogen (secondary N) is 3. The summed E-state index contributed by atoms with van der Waals surface area (Å²) in [6.45, 7) is 16.2. The van der Waals surface area contributed by atoms with Gasteiger partial charge in [0.05, 0.1) is 18.2 Å². The molecule has 1 aliphatic rings. The molecule has 1 aliphatic heterocycles. The number of ether oxygens (including phenoxy) is 1. The predicted octanol–water partition coefficient (Wildman–Crippen LogP) is 7.19. The number of alkyl halides is 1. The zero-order valence-electron chi connectivity index (χ0n) is 26.8. The Balaban J connectivity index is 2.22. The highest BCUT2D eigenvalue weighted by atomic mass is 32.2. The van der Waals surface area contributed by atoms with Gasteiger partial charge in [-0.25, -0.2) is 9.38 Å². The number of nitrogens with zero attached hydrogens (tertiary/aromatic N) is 2. The first-order chi connectivity index (χ1) is 19.3. The monoisotopic (exact) mass is 585 g/mol. The molecule has 0 fully saturated rings. The van der Waals surface area contributed by atoms with Crippen molar-refractivity contribution in [3.05, 3.63) is 65.0 Å². The third-order valence-electron chi connectivity index (χ3n) is 6.93. The Bertz CT molecular complexity index is 1120. The smallest absolute Gasteiger partial charge is 0.196 e. The van der Waals surface area contributed by atoms with E-state index in [4.69, 9.17) is 15.1 Å². The van der Waals surface area contributed by atoms with Gasteiger partial charge >= 0.3 is 0 Å². The van der Waals surface area contributed by atoms with Crippen LogP contribution in [0.25, 0.3) is 0 Å². The van der Waals surface area contributed by atoms with Gasteiger partial charge in [-0.2, -0.15) is 0 Å². The van der Waals surface area contributed by atoms with Crippen molar-refractivity contribution in [3.8, 4) is 0 Å². The highest BCUT2D eigenvalue weighted by Gasteiger charge is 2.28. The molecule has 228 valence electrons. The average Bonchev–Trinajstić information content (AvgIpc) is 2.88. The second-order valence-electron chi connectivity index (χ2n) is 12.2. The Morgan fingerprint density at radius 2 is 1.90 bits per heavy atom. The van der Waals surface area contributed by atoms with E-state index in [0.29, 0.717) is 23.8 Å². The number of rotatable bonds is 14. The van der Waals surface area contributed by atoms with Crippen LogP contribution in [0, 0.1) is 16.7 Å². The number of benzene rings is 1. The number of halogens is 1. The van der Waals surface area contributed by atoms with Crippen molar-refractivity contribution < 1.29 is 9.13 Å². The van der Waals surface area contributed by atoms with E-state index in [0.717, 1.165) is 34.7 Å². The summed E-state index contributed by atoms with van der Waals surface area (Å²) in [6, 6.07) is 8.63. The normalized spacial score (nSPS) is 17.9. The van der Waals surface area contributed by atoms with E-state index in [1.807, 2.05) is 58.8 Å². The van der Waals surface area contributed by atoms with Crippen molar-refractivity contribution in [2.24, 2.45) is 16.3 Å². The van der Waals surface area contributed by atoms with E-state index in [9.17, 15) is 4.39 Å².